The van der Waals surface area contributed by atoms with Crippen LogP contribution in [0.3, 0.4) is 0 Å². The van der Waals surface area contributed by atoms with Crippen LogP contribution in [0.1, 0.15) is 19.2 Å². The first-order chi connectivity index (χ1) is 6.09. The fourth-order valence-corrected chi connectivity index (χ4v) is 1.02. The van der Waals surface area contributed by atoms with Crippen LogP contribution in [0.4, 0.5) is 4.39 Å². The lowest BCUT2D eigenvalue weighted by Crippen LogP contribution is -2.35. The van der Waals surface area contributed by atoms with Crippen LogP contribution in [0.15, 0.2) is 0 Å². The van der Waals surface area contributed by atoms with E-state index in [1.807, 2.05) is 0 Å². The van der Waals surface area contributed by atoms with E-state index in [1.165, 1.54) is 4.80 Å². The molecule has 0 spiro atoms. The van der Waals surface area contributed by atoms with Gasteiger partial charge in [0.1, 0.15) is 5.67 Å². The van der Waals surface area contributed by atoms with Crippen molar-refractivity contribution in [3.8, 4) is 0 Å². The van der Waals surface area contributed by atoms with Crippen LogP contribution < -0.4 is 5.73 Å². The minimum atomic E-state index is -1.40. The van der Waals surface area contributed by atoms with Gasteiger partial charge in [-0.05, 0) is 11.6 Å². The highest BCUT2D eigenvalue weighted by molar-refractivity contribution is 4.91. The Morgan fingerprint density at radius 3 is 2.69 bits per heavy atom. The fraction of sp³-hybridized carbons (Fsp3) is 0.857. The van der Waals surface area contributed by atoms with Crippen molar-refractivity contribution >= 4 is 0 Å². The molecule has 0 radical (unpaired) electrons. The number of halogens is 1. The molecule has 1 unspecified atom stereocenters. The Morgan fingerprint density at radius 1 is 1.62 bits per heavy atom. The Bertz CT molecular complexity index is 268. The van der Waals surface area contributed by atoms with E-state index in [0.717, 1.165) is 0 Å². The lowest BCUT2D eigenvalue weighted by atomic mass is 9.99. The number of tetrazole rings is 1. The van der Waals surface area contributed by atoms with E-state index in [4.69, 9.17) is 5.73 Å². The Hall–Kier alpha value is -1.04. The molecule has 0 saturated carbocycles. The fourth-order valence-electron chi connectivity index (χ4n) is 1.02. The van der Waals surface area contributed by atoms with Crippen molar-refractivity contribution in [2.75, 3.05) is 6.54 Å². The van der Waals surface area contributed by atoms with Crippen molar-refractivity contribution in [2.24, 2.45) is 12.8 Å². The first kappa shape index (κ1) is 10.0. The van der Waals surface area contributed by atoms with Crippen molar-refractivity contribution in [1.82, 2.24) is 20.2 Å². The van der Waals surface area contributed by atoms with Crippen LogP contribution in [-0.2, 0) is 13.5 Å². The Labute approximate surface area is 76.1 Å². The lowest BCUT2D eigenvalue weighted by Gasteiger charge is -2.19. The van der Waals surface area contributed by atoms with Crippen LogP contribution in [0.5, 0.6) is 0 Å². The maximum Gasteiger partial charge on any atom is 0.178 e. The third-order valence-corrected chi connectivity index (χ3v) is 2.02. The summed E-state index contributed by atoms with van der Waals surface area (Å²) < 4.78 is 13.7. The van der Waals surface area contributed by atoms with Gasteiger partial charge in [0.2, 0.25) is 0 Å². The molecular formula is C7H14FN5. The van der Waals surface area contributed by atoms with Crippen molar-refractivity contribution < 1.29 is 4.39 Å². The molecule has 0 saturated heterocycles. The SMILES string of the molecule is CCC(F)(CN)Cc1nnn(C)n1. The summed E-state index contributed by atoms with van der Waals surface area (Å²) in [5.41, 5.74) is 3.91. The summed E-state index contributed by atoms with van der Waals surface area (Å²) >= 11 is 0. The van der Waals surface area contributed by atoms with Crippen molar-refractivity contribution in [2.45, 2.75) is 25.4 Å². The molecule has 0 aromatic carbocycles. The highest BCUT2D eigenvalue weighted by Crippen LogP contribution is 2.18. The molecule has 0 bridgehead atoms. The van der Waals surface area contributed by atoms with E-state index < -0.39 is 5.67 Å². The van der Waals surface area contributed by atoms with Gasteiger partial charge in [-0.2, -0.15) is 4.80 Å². The number of rotatable bonds is 4. The highest BCUT2D eigenvalue weighted by atomic mass is 19.1. The van der Waals surface area contributed by atoms with Gasteiger partial charge in [-0.15, -0.1) is 10.2 Å². The van der Waals surface area contributed by atoms with Crippen LogP contribution in [0.25, 0.3) is 0 Å². The van der Waals surface area contributed by atoms with Crippen LogP contribution >= 0.6 is 0 Å². The quantitative estimate of drug-likeness (QED) is 0.710. The monoisotopic (exact) mass is 187 g/mol. The second-order valence-electron chi connectivity index (χ2n) is 3.08. The lowest BCUT2D eigenvalue weighted by molar-refractivity contribution is 0.164. The molecule has 0 aliphatic rings. The summed E-state index contributed by atoms with van der Waals surface area (Å²) in [6, 6.07) is 0. The maximum atomic E-state index is 13.7. The molecular weight excluding hydrogens is 173 g/mol. The predicted octanol–water partition coefficient (Wildman–Crippen LogP) is -0.170. The molecule has 13 heavy (non-hydrogen) atoms. The van der Waals surface area contributed by atoms with Crippen molar-refractivity contribution in [3.05, 3.63) is 5.82 Å². The van der Waals surface area contributed by atoms with Crippen LogP contribution in [0.2, 0.25) is 0 Å². The normalized spacial score (nSPS) is 15.7. The van der Waals surface area contributed by atoms with Gasteiger partial charge in [-0.25, -0.2) is 4.39 Å². The van der Waals surface area contributed by atoms with Gasteiger partial charge in [-0.1, -0.05) is 6.92 Å². The average molecular weight is 187 g/mol. The van der Waals surface area contributed by atoms with Gasteiger partial charge in [0.25, 0.3) is 0 Å². The third-order valence-electron chi connectivity index (χ3n) is 2.02. The minimum Gasteiger partial charge on any atom is -0.328 e. The standard InChI is InChI=1S/C7H14FN5/c1-3-7(8,5-9)4-6-10-12-13(2)11-6/h3-5,9H2,1-2H3. The van der Waals surface area contributed by atoms with Gasteiger partial charge in [0, 0.05) is 13.0 Å². The molecule has 0 aliphatic carbocycles. The third kappa shape index (κ3) is 2.45. The highest BCUT2D eigenvalue weighted by Gasteiger charge is 2.28. The molecule has 1 heterocycles. The predicted molar refractivity (Wildman–Crippen MR) is 45.7 cm³/mol. The maximum absolute atomic E-state index is 13.7. The second-order valence-corrected chi connectivity index (χ2v) is 3.08. The van der Waals surface area contributed by atoms with Gasteiger partial charge in [-0.3, -0.25) is 0 Å². The van der Waals surface area contributed by atoms with Crippen LogP contribution in [0, 0.1) is 0 Å². The van der Waals surface area contributed by atoms with Crippen molar-refractivity contribution in [1.29, 1.82) is 0 Å². The summed E-state index contributed by atoms with van der Waals surface area (Å²) in [6.45, 7) is 1.74. The molecule has 1 aromatic heterocycles. The van der Waals surface area contributed by atoms with Crippen LogP contribution in [-0.4, -0.2) is 32.4 Å². The summed E-state index contributed by atoms with van der Waals surface area (Å²) in [5, 5.41) is 11.2. The molecule has 0 fully saturated rings. The molecule has 0 aliphatic heterocycles. The number of nitrogens with two attached hydrogens (primary N) is 1. The Kier molecular flexibility index (Phi) is 2.92. The summed E-state index contributed by atoms with van der Waals surface area (Å²) in [6.07, 6.45) is 0.496. The second kappa shape index (κ2) is 3.78. The molecule has 1 atom stereocenters. The van der Waals surface area contributed by atoms with E-state index in [-0.39, 0.29) is 13.0 Å². The van der Waals surface area contributed by atoms with E-state index in [2.05, 4.69) is 15.4 Å². The summed E-state index contributed by atoms with van der Waals surface area (Å²) in [7, 11) is 1.64. The molecule has 1 rings (SSSR count). The van der Waals surface area contributed by atoms with E-state index in [1.54, 1.807) is 14.0 Å². The number of aryl methyl sites for hydroxylation is 1. The van der Waals surface area contributed by atoms with E-state index >= 15 is 0 Å². The number of hydrogen-bond acceptors (Lipinski definition) is 4. The van der Waals surface area contributed by atoms with Gasteiger partial charge in [0.15, 0.2) is 5.82 Å². The van der Waals surface area contributed by atoms with Crippen molar-refractivity contribution in [3.63, 3.8) is 0 Å². The zero-order valence-corrected chi connectivity index (χ0v) is 7.87. The molecule has 74 valence electrons. The zero-order valence-electron chi connectivity index (χ0n) is 7.87. The Balaban J connectivity index is 2.67. The molecule has 2 N–H and O–H groups in total. The molecule has 0 amide bonds. The first-order valence-electron chi connectivity index (χ1n) is 4.21. The van der Waals surface area contributed by atoms with Gasteiger partial charge < -0.3 is 5.73 Å². The average Bonchev–Trinajstić information content (AvgIpc) is 2.51. The smallest absolute Gasteiger partial charge is 0.178 e. The zero-order chi connectivity index (χ0) is 9.90. The number of aromatic nitrogens is 4. The van der Waals surface area contributed by atoms with E-state index in [9.17, 15) is 4.39 Å². The summed E-state index contributed by atoms with van der Waals surface area (Å²) in [4.78, 5) is 1.31. The molecule has 6 heteroatoms. The topological polar surface area (TPSA) is 69.6 Å². The largest absolute Gasteiger partial charge is 0.328 e. The first-order valence-corrected chi connectivity index (χ1v) is 4.21. The van der Waals surface area contributed by atoms with Gasteiger partial charge >= 0.3 is 0 Å². The number of hydrogen-bond donors (Lipinski definition) is 1. The van der Waals surface area contributed by atoms with E-state index in [0.29, 0.717) is 12.2 Å². The summed E-state index contributed by atoms with van der Waals surface area (Å²) in [5.74, 6) is 0.400. The number of alkyl halides is 1. The van der Waals surface area contributed by atoms with Gasteiger partial charge in [0.05, 0.1) is 7.05 Å². The minimum absolute atomic E-state index is 0.0121. The molecule has 5 nitrogen and oxygen atoms in total. The number of nitrogens with zero attached hydrogens (tertiary/aromatic N) is 4. The Morgan fingerprint density at radius 2 is 2.31 bits per heavy atom. The molecule has 1 aromatic rings.